The van der Waals surface area contributed by atoms with Crippen LogP contribution in [0, 0.1) is 0 Å². The Kier molecular flexibility index (Phi) is 4.39. The number of alkyl halides is 3. The molecule has 5 nitrogen and oxygen atoms in total. The van der Waals surface area contributed by atoms with Gasteiger partial charge in [-0.3, -0.25) is 4.79 Å². The normalized spacial score (nSPS) is 13.5. The van der Waals surface area contributed by atoms with Gasteiger partial charge in [0.15, 0.2) is 6.61 Å². The van der Waals surface area contributed by atoms with Gasteiger partial charge in [0.1, 0.15) is 0 Å². The third-order valence-electron chi connectivity index (χ3n) is 3.48. The number of pyridine rings is 1. The van der Waals surface area contributed by atoms with Gasteiger partial charge in [0.2, 0.25) is 5.88 Å². The lowest BCUT2D eigenvalue weighted by atomic mass is 10.1. The molecule has 1 aromatic carbocycles. The molecule has 0 radical (unpaired) electrons. The summed E-state index contributed by atoms with van der Waals surface area (Å²) in [6.45, 7) is 0.110. The molecule has 3 rings (SSSR count). The van der Waals surface area contributed by atoms with Gasteiger partial charge < -0.3 is 15.4 Å². The van der Waals surface area contributed by atoms with Gasteiger partial charge >= 0.3 is 6.18 Å². The summed E-state index contributed by atoms with van der Waals surface area (Å²) in [4.78, 5) is 16.0. The molecule has 0 aliphatic carbocycles. The van der Waals surface area contributed by atoms with Crippen molar-refractivity contribution < 1.29 is 22.7 Å². The van der Waals surface area contributed by atoms with Gasteiger partial charge in [0, 0.05) is 24.7 Å². The Morgan fingerprint density at radius 1 is 1.21 bits per heavy atom. The molecule has 0 bridgehead atoms. The number of rotatable bonds is 4. The summed E-state index contributed by atoms with van der Waals surface area (Å²) >= 11 is 0. The molecule has 0 unspecified atom stereocenters. The monoisotopic (exact) mass is 337 g/mol. The van der Waals surface area contributed by atoms with E-state index in [0.717, 1.165) is 18.7 Å². The maximum Gasteiger partial charge on any atom is 0.422 e. The fourth-order valence-electron chi connectivity index (χ4n) is 2.33. The van der Waals surface area contributed by atoms with Crippen LogP contribution in [0.25, 0.3) is 0 Å². The van der Waals surface area contributed by atoms with E-state index >= 15 is 0 Å². The van der Waals surface area contributed by atoms with Gasteiger partial charge in [0.25, 0.3) is 5.91 Å². The van der Waals surface area contributed by atoms with E-state index in [1.807, 2.05) is 12.1 Å². The van der Waals surface area contributed by atoms with Crippen molar-refractivity contribution in [1.29, 1.82) is 0 Å². The summed E-state index contributed by atoms with van der Waals surface area (Å²) in [5.41, 5.74) is 3.13. The van der Waals surface area contributed by atoms with Crippen LogP contribution in [0.5, 0.6) is 5.88 Å². The molecule has 0 saturated heterocycles. The van der Waals surface area contributed by atoms with Crippen molar-refractivity contribution in [2.45, 2.75) is 19.3 Å². The summed E-state index contributed by atoms with van der Waals surface area (Å²) in [6.07, 6.45) is -3.17. The second kappa shape index (κ2) is 6.48. The Labute approximate surface area is 135 Å². The number of hydrogen-bond donors (Lipinski definition) is 2. The number of nitrogens with zero attached hydrogens (tertiary/aromatic N) is 1. The molecule has 8 heteroatoms. The summed E-state index contributed by atoms with van der Waals surface area (Å²) in [5, 5.41) is 5.85. The molecule has 1 aliphatic heterocycles. The number of fused-ring (bicyclic) bond motifs is 1. The van der Waals surface area contributed by atoms with E-state index in [-0.39, 0.29) is 11.8 Å². The van der Waals surface area contributed by atoms with E-state index in [1.54, 1.807) is 6.07 Å². The molecule has 1 aromatic heterocycles. The lowest BCUT2D eigenvalue weighted by molar-refractivity contribution is -0.154. The second-order valence-corrected chi connectivity index (χ2v) is 5.33. The molecule has 0 saturated carbocycles. The number of nitrogens with one attached hydrogen (secondary N) is 2. The topological polar surface area (TPSA) is 63.2 Å². The largest absolute Gasteiger partial charge is 0.468 e. The summed E-state index contributed by atoms with van der Waals surface area (Å²) in [5.74, 6) is -0.468. The number of carbonyl (C=O) groups excluding carboxylic acids is 1. The van der Waals surface area contributed by atoms with Crippen LogP contribution in [0.4, 0.5) is 18.9 Å². The number of halogens is 3. The molecule has 1 aliphatic rings. The van der Waals surface area contributed by atoms with Gasteiger partial charge in [0.05, 0.1) is 11.9 Å². The zero-order chi connectivity index (χ0) is 17.2. The Balaban J connectivity index is 1.62. The minimum Gasteiger partial charge on any atom is -0.468 e. The highest BCUT2D eigenvalue weighted by Gasteiger charge is 2.28. The number of amides is 1. The molecule has 2 heterocycles. The maximum absolute atomic E-state index is 12.2. The third-order valence-corrected chi connectivity index (χ3v) is 3.48. The molecular weight excluding hydrogens is 323 g/mol. The Bertz CT molecular complexity index is 745. The minimum atomic E-state index is -4.42. The summed E-state index contributed by atoms with van der Waals surface area (Å²) < 4.78 is 40.7. The molecule has 0 spiro atoms. The first-order valence-electron chi connectivity index (χ1n) is 7.20. The molecule has 24 heavy (non-hydrogen) atoms. The van der Waals surface area contributed by atoms with Crippen LogP contribution >= 0.6 is 0 Å². The zero-order valence-corrected chi connectivity index (χ0v) is 12.5. The first-order chi connectivity index (χ1) is 11.4. The van der Waals surface area contributed by atoms with Crippen molar-refractivity contribution in [2.75, 3.05) is 11.9 Å². The van der Waals surface area contributed by atoms with E-state index in [9.17, 15) is 18.0 Å². The molecule has 126 valence electrons. The van der Waals surface area contributed by atoms with Crippen molar-refractivity contribution in [3.63, 3.8) is 0 Å². The van der Waals surface area contributed by atoms with E-state index in [2.05, 4.69) is 20.4 Å². The van der Waals surface area contributed by atoms with Gasteiger partial charge in [-0.25, -0.2) is 4.98 Å². The van der Waals surface area contributed by atoms with Crippen LogP contribution in [0.3, 0.4) is 0 Å². The third kappa shape index (κ3) is 4.02. The first-order valence-corrected chi connectivity index (χ1v) is 7.20. The van der Waals surface area contributed by atoms with Crippen LogP contribution in [0.2, 0.25) is 0 Å². The van der Waals surface area contributed by atoms with Crippen LogP contribution in [-0.4, -0.2) is 23.7 Å². The van der Waals surface area contributed by atoms with Crippen molar-refractivity contribution >= 4 is 11.6 Å². The molecule has 0 atom stereocenters. The highest BCUT2D eigenvalue weighted by Crippen LogP contribution is 2.20. The predicted molar refractivity (Wildman–Crippen MR) is 80.7 cm³/mol. The molecule has 2 aromatic rings. The van der Waals surface area contributed by atoms with Crippen LogP contribution in [0.15, 0.2) is 36.5 Å². The van der Waals surface area contributed by atoms with Crippen molar-refractivity contribution in [1.82, 2.24) is 10.3 Å². The number of aromatic nitrogens is 1. The zero-order valence-electron chi connectivity index (χ0n) is 12.5. The van der Waals surface area contributed by atoms with E-state index in [4.69, 9.17) is 0 Å². The Morgan fingerprint density at radius 3 is 2.71 bits per heavy atom. The summed E-state index contributed by atoms with van der Waals surface area (Å²) in [6, 6.07) is 8.16. The Hall–Kier alpha value is -2.61. The van der Waals surface area contributed by atoms with Crippen molar-refractivity contribution in [3.05, 3.63) is 53.2 Å². The van der Waals surface area contributed by atoms with Crippen molar-refractivity contribution in [3.8, 4) is 5.88 Å². The average molecular weight is 337 g/mol. The van der Waals surface area contributed by atoms with Crippen LogP contribution in [0.1, 0.15) is 21.5 Å². The number of anilines is 1. The van der Waals surface area contributed by atoms with Crippen molar-refractivity contribution in [2.24, 2.45) is 0 Å². The Morgan fingerprint density at radius 2 is 2.00 bits per heavy atom. The SMILES string of the molecule is O=C(Nc1ccc(OCC(F)(F)F)nc1)c1ccc2c(c1)CNC2. The fourth-order valence-corrected chi connectivity index (χ4v) is 2.33. The number of ether oxygens (including phenoxy) is 1. The molecule has 2 N–H and O–H groups in total. The van der Waals surface area contributed by atoms with Gasteiger partial charge in [-0.05, 0) is 29.3 Å². The fraction of sp³-hybridized carbons (Fsp3) is 0.250. The quantitative estimate of drug-likeness (QED) is 0.900. The predicted octanol–water partition coefficient (Wildman–Crippen LogP) is 2.88. The molecule has 1 amide bonds. The number of benzene rings is 1. The lowest BCUT2D eigenvalue weighted by Gasteiger charge is -2.09. The van der Waals surface area contributed by atoms with E-state index in [1.165, 1.54) is 23.9 Å². The number of carbonyl (C=O) groups is 1. The highest BCUT2D eigenvalue weighted by molar-refractivity contribution is 6.04. The van der Waals surface area contributed by atoms with E-state index < -0.39 is 12.8 Å². The maximum atomic E-state index is 12.2. The van der Waals surface area contributed by atoms with Crippen LogP contribution in [-0.2, 0) is 13.1 Å². The van der Waals surface area contributed by atoms with Gasteiger partial charge in [-0.2, -0.15) is 13.2 Å². The van der Waals surface area contributed by atoms with Gasteiger partial charge in [-0.1, -0.05) is 6.07 Å². The van der Waals surface area contributed by atoms with E-state index in [0.29, 0.717) is 11.3 Å². The average Bonchev–Trinajstić information content (AvgIpc) is 3.01. The van der Waals surface area contributed by atoms with Crippen LogP contribution < -0.4 is 15.4 Å². The molecular formula is C16H14F3N3O2. The number of hydrogen-bond acceptors (Lipinski definition) is 4. The highest BCUT2D eigenvalue weighted by atomic mass is 19.4. The van der Waals surface area contributed by atoms with Gasteiger partial charge in [-0.15, -0.1) is 0 Å². The first kappa shape index (κ1) is 16.3. The summed E-state index contributed by atoms with van der Waals surface area (Å²) in [7, 11) is 0. The minimum absolute atomic E-state index is 0.158. The standard InChI is InChI=1S/C16H14F3N3O2/c17-16(18,19)9-24-14-4-3-13(8-21-14)22-15(23)10-1-2-11-6-20-7-12(11)5-10/h1-5,8,20H,6-7,9H2,(H,22,23). The smallest absolute Gasteiger partial charge is 0.422 e. The second-order valence-electron chi connectivity index (χ2n) is 5.33. The molecule has 0 fully saturated rings. The lowest BCUT2D eigenvalue weighted by Crippen LogP contribution is -2.19.